The van der Waals surface area contributed by atoms with Crippen LogP contribution in [0.4, 0.5) is 10.6 Å². The molecular weight excluding hydrogens is 406 g/mol. The number of hydrogen-bond donors (Lipinski definition) is 1. The molecule has 2 aliphatic heterocycles. The van der Waals surface area contributed by atoms with Gasteiger partial charge in [-0.05, 0) is 45.1 Å². The number of fused-ring (bicyclic) bond motifs is 1. The zero-order valence-corrected chi connectivity index (χ0v) is 18.4. The number of amides is 2. The molecule has 0 atom stereocenters. The number of nitrogens with zero attached hydrogens (tertiary/aromatic N) is 5. The van der Waals surface area contributed by atoms with Crippen LogP contribution in [0.3, 0.4) is 0 Å². The Morgan fingerprint density at radius 2 is 1.80 bits per heavy atom. The number of likely N-dealkylation sites (N-methyl/N-ethyl adjacent to an activating group) is 1. The molecule has 2 fully saturated rings. The van der Waals surface area contributed by atoms with E-state index >= 15 is 0 Å². The van der Waals surface area contributed by atoms with Gasteiger partial charge in [0.1, 0.15) is 0 Å². The molecule has 0 spiro atoms. The van der Waals surface area contributed by atoms with Gasteiger partial charge >= 0.3 is 12.0 Å². The maximum Gasteiger partial charge on any atom is 0.326 e. The van der Waals surface area contributed by atoms with Crippen molar-refractivity contribution in [2.45, 2.75) is 57.4 Å². The van der Waals surface area contributed by atoms with Crippen LogP contribution in [0.15, 0.2) is 6.20 Å². The van der Waals surface area contributed by atoms with Crippen LogP contribution in [0.5, 0.6) is 0 Å². The van der Waals surface area contributed by atoms with Gasteiger partial charge in [-0.25, -0.2) is 9.78 Å². The standard InChI is InChI=1S/C21H31N5O3.ClH/c1-24-10-8-17-18(9-11-24)23-19(14-22-17)26-13-12-25(21(26)29)16-5-2-15(3-6-16)4-7-20(27)28;/h14-16H,2-13H2,1H3,(H,27,28);1H/t15-,16-;. The number of hydrogen-bond acceptors (Lipinski definition) is 5. The van der Waals surface area contributed by atoms with E-state index in [0.29, 0.717) is 18.3 Å². The van der Waals surface area contributed by atoms with Crippen molar-refractivity contribution in [3.8, 4) is 0 Å². The number of anilines is 1. The van der Waals surface area contributed by atoms with E-state index in [1.165, 1.54) is 0 Å². The monoisotopic (exact) mass is 437 g/mol. The van der Waals surface area contributed by atoms with Crippen molar-refractivity contribution in [2.24, 2.45) is 5.92 Å². The lowest BCUT2D eigenvalue weighted by Gasteiger charge is -2.34. The van der Waals surface area contributed by atoms with E-state index < -0.39 is 5.97 Å². The first-order valence-corrected chi connectivity index (χ1v) is 10.8. The van der Waals surface area contributed by atoms with Crippen molar-refractivity contribution < 1.29 is 14.7 Å². The fraction of sp³-hybridized carbons (Fsp3) is 0.714. The normalized spacial score (nSPS) is 24.9. The quantitative estimate of drug-likeness (QED) is 0.761. The van der Waals surface area contributed by atoms with Gasteiger partial charge in [0.25, 0.3) is 0 Å². The van der Waals surface area contributed by atoms with Crippen molar-refractivity contribution >= 4 is 30.2 Å². The van der Waals surface area contributed by atoms with Gasteiger partial charge in [0.2, 0.25) is 0 Å². The highest BCUT2D eigenvalue weighted by Gasteiger charge is 2.37. The molecule has 0 aromatic carbocycles. The Morgan fingerprint density at radius 3 is 2.50 bits per heavy atom. The lowest BCUT2D eigenvalue weighted by atomic mass is 9.83. The van der Waals surface area contributed by atoms with Crippen LogP contribution in [-0.2, 0) is 17.6 Å². The van der Waals surface area contributed by atoms with Crippen molar-refractivity contribution in [2.75, 3.05) is 38.1 Å². The van der Waals surface area contributed by atoms with E-state index in [-0.39, 0.29) is 30.9 Å². The summed E-state index contributed by atoms with van der Waals surface area (Å²) in [5.41, 5.74) is 2.08. The van der Waals surface area contributed by atoms with Crippen LogP contribution < -0.4 is 4.90 Å². The first kappa shape index (κ1) is 22.7. The molecule has 1 aromatic heterocycles. The number of rotatable bonds is 5. The zero-order valence-electron chi connectivity index (χ0n) is 17.6. The van der Waals surface area contributed by atoms with Crippen molar-refractivity contribution in [3.63, 3.8) is 0 Å². The topological polar surface area (TPSA) is 89.9 Å². The summed E-state index contributed by atoms with van der Waals surface area (Å²) >= 11 is 0. The molecule has 2 amide bonds. The minimum Gasteiger partial charge on any atom is -0.481 e. The first-order chi connectivity index (χ1) is 14.0. The van der Waals surface area contributed by atoms with Crippen LogP contribution in [-0.4, -0.2) is 76.1 Å². The third-order valence-corrected chi connectivity index (χ3v) is 6.72. The number of aromatic nitrogens is 2. The number of urea groups is 1. The molecule has 0 bridgehead atoms. The third kappa shape index (κ3) is 5.03. The summed E-state index contributed by atoms with van der Waals surface area (Å²) in [6.45, 7) is 3.35. The number of halogens is 1. The first-order valence-electron chi connectivity index (χ1n) is 10.8. The maximum atomic E-state index is 13.1. The predicted octanol–water partition coefficient (Wildman–Crippen LogP) is 2.59. The summed E-state index contributed by atoms with van der Waals surface area (Å²) in [4.78, 5) is 39.4. The minimum absolute atomic E-state index is 0. The lowest BCUT2D eigenvalue weighted by Crippen LogP contribution is -2.41. The molecular formula is C21H32ClN5O3. The third-order valence-electron chi connectivity index (χ3n) is 6.72. The molecule has 30 heavy (non-hydrogen) atoms. The van der Waals surface area contributed by atoms with E-state index in [1.54, 1.807) is 11.1 Å². The molecule has 9 heteroatoms. The highest BCUT2D eigenvalue weighted by Crippen LogP contribution is 2.33. The van der Waals surface area contributed by atoms with Gasteiger partial charge in [-0.15, -0.1) is 12.4 Å². The van der Waals surface area contributed by atoms with Crippen molar-refractivity contribution in [1.82, 2.24) is 19.8 Å². The van der Waals surface area contributed by atoms with E-state index in [4.69, 9.17) is 10.1 Å². The van der Waals surface area contributed by atoms with E-state index in [0.717, 1.165) is 76.0 Å². The van der Waals surface area contributed by atoms with Gasteiger partial charge in [-0.3, -0.25) is 14.7 Å². The summed E-state index contributed by atoms with van der Waals surface area (Å²) in [7, 11) is 2.12. The number of carbonyl (C=O) groups is 2. The number of carbonyl (C=O) groups excluding carboxylic acids is 1. The Hall–Kier alpha value is -1.93. The Bertz CT molecular complexity index is 769. The van der Waals surface area contributed by atoms with Gasteiger partial charge in [-0.1, -0.05) is 0 Å². The highest BCUT2D eigenvalue weighted by molar-refractivity contribution is 5.93. The van der Waals surface area contributed by atoms with Crippen molar-refractivity contribution in [1.29, 1.82) is 0 Å². The summed E-state index contributed by atoms with van der Waals surface area (Å²) in [5, 5.41) is 8.87. The molecule has 0 radical (unpaired) electrons. The molecule has 1 saturated carbocycles. The molecule has 1 N–H and O–H groups in total. The molecule has 0 unspecified atom stereocenters. The number of aliphatic carboxylic acids is 1. The summed E-state index contributed by atoms with van der Waals surface area (Å²) < 4.78 is 0. The predicted molar refractivity (Wildman–Crippen MR) is 116 cm³/mol. The summed E-state index contributed by atoms with van der Waals surface area (Å²) in [5.74, 6) is 0.437. The fourth-order valence-electron chi connectivity index (χ4n) is 4.86. The van der Waals surface area contributed by atoms with Crippen molar-refractivity contribution in [3.05, 3.63) is 17.6 Å². The SMILES string of the molecule is CN1CCc2ncc(N3CCN([C@H]4CC[C@H](CCC(=O)O)CC4)C3=O)nc2CC1.Cl. The second-order valence-corrected chi connectivity index (χ2v) is 8.66. The average Bonchev–Trinajstić information content (AvgIpc) is 3.00. The molecule has 8 nitrogen and oxygen atoms in total. The average molecular weight is 438 g/mol. The smallest absolute Gasteiger partial charge is 0.326 e. The molecule has 3 aliphatic rings. The summed E-state index contributed by atoms with van der Waals surface area (Å²) in [6, 6.07) is 0.301. The van der Waals surface area contributed by atoms with Gasteiger partial charge < -0.3 is 14.9 Å². The molecule has 166 valence electrons. The van der Waals surface area contributed by atoms with Crippen LogP contribution in [0.25, 0.3) is 0 Å². The van der Waals surface area contributed by atoms with E-state index in [1.807, 2.05) is 4.90 Å². The van der Waals surface area contributed by atoms with Crippen LogP contribution in [0, 0.1) is 5.92 Å². The van der Waals surface area contributed by atoms with Gasteiger partial charge in [0, 0.05) is 51.5 Å². The molecule has 1 saturated heterocycles. The minimum atomic E-state index is -0.717. The Kier molecular flexibility index (Phi) is 7.52. The lowest BCUT2D eigenvalue weighted by molar-refractivity contribution is -0.137. The largest absolute Gasteiger partial charge is 0.481 e. The van der Waals surface area contributed by atoms with Gasteiger partial charge in [0.15, 0.2) is 5.82 Å². The second kappa shape index (κ2) is 9.92. The van der Waals surface area contributed by atoms with E-state index in [2.05, 4.69) is 16.9 Å². The Morgan fingerprint density at radius 1 is 1.10 bits per heavy atom. The second-order valence-electron chi connectivity index (χ2n) is 8.66. The summed E-state index contributed by atoms with van der Waals surface area (Å²) in [6.07, 6.45) is 8.48. The van der Waals surface area contributed by atoms with Crippen LogP contribution in [0.2, 0.25) is 0 Å². The fourth-order valence-corrected chi connectivity index (χ4v) is 4.86. The Labute approximate surface area is 184 Å². The Balaban J connectivity index is 0.00000256. The molecule has 4 rings (SSSR count). The number of carboxylic acid groups (broad SMARTS) is 1. The molecule has 1 aliphatic carbocycles. The molecule has 1 aromatic rings. The zero-order chi connectivity index (χ0) is 20.4. The van der Waals surface area contributed by atoms with Crippen LogP contribution in [0.1, 0.15) is 49.9 Å². The number of carboxylic acids is 1. The maximum absolute atomic E-state index is 13.1. The van der Waals surface area contributed by atoms with Gasteiger partial charge in [-0.2, -0.15) is 0 Å². The highest BCUT2D eigenvalue weighted by atomic mass is 35.5. The van der Waals surface area contributed by atoms with Gasteiger partial charge in [0.05, 0.1) is 17.6 Å². The molecule has 3 heterocycles. The van der Waals surface area contributed by atoms with E-state index in [9.17, 15) is 9.59 Å². The van der Waals surface area contributed by atoms with Crippen LogP contribution >= 0.6 is 12.4 Å².